The van der Waals surface area contributed by atoms with E-state index in [9.17, 15) is 0 Å². The molecule has 2 heteroatoms. The predicted molar refractivity (Wildman–Crippen MR) is 78.5 cm³/mol. The van der Waals surface area contributed by atoms with Gasteiger partial charge in [-0.2, -0.15) is 0 Å². The molecule has 86 valence electrons. The van der Waals surface area contributed by atoms with Gasteiger partial charge in [0.1, 0.15) is 0 Å². The van der Waals surface area contributed by atoms with Crippen LogP contribution in [0.15, 0.2) is 53.4 Å². The molecule has 0 aliphatic carbocycles. The first kappa shape index (κ1) is 11.1. The fourth-order valence-corrected chi connectivity index (χ4v) is 4.38. The molecule has 3 rings (SSSR count). The molecule has 1 unspecified atom stereocenters. The lowest BCUT2D eigenvalue weighted by molar-refractivity contribution is 1.02. The van der Waals surface area contributed by atoms with E-state index in [1.807, 2.05) is 23.1 Å². The standard InChI is InChI=1S/C15H14S2/c1-11-7-8-14(16-11)15-10-9-13(17-15)12-5-3-2-4-6-12/h2-7,9-10,14H,8H2,1H3. The van der Waals surface area contributed by atoms with Crippen LogP contribution in [0.2, 0.25) is 0 Å². The highest BCUT2D eigenvalue weighted by molar-refractivity contribution is 8.03. The van der Waals surface area contributed by atoms with Gasteiger partial charge in [-0.25, -0.2) is 0 Å². The van der Waals surface area contributed by atoms with E-state index < -0.39 is 0 Å². The van der Waals surface area contributed by atoms with E-state index in [4.69, 9.17) is 0 Å². The first-order valence-corrected chi connectivity index (χ1v) is 7.51. The van der Waals surface area contributed by atoms with Gasteiger partial charge in [-0.1, -0.05) is 36.4 Å². The maximum atomic E-state index is 2.34. The van der Waals surface area contributed by atoms with Crippen LogP contribution in [0.4, 0.5) is 0 Å². The van der Waals surface area contributed by atoms with Crippen molar-refractivity contribution in [2.45, 2.75) is 18.6 Å². The molecular formula is C15H14S2. The van der Waals surface area contributed by atoms with E-state index in [0.29, 0.717) is 5.25 Å². The van der Waals surface area contributed by atoms with Gasteiger partial charge in [-0.05, 0) is 35.9 Å². The molecular weight excluding hydrogens is 244 g/mol. The Kier molecular flexibility index (Phi) is 3.08. The van der Waals surface area contributed by atoms with Gasteiger partial charge in [0, 0.05) is 15.0 Å². The molecule has 0 saturated heterocycles. The number of allylic oxidation sites excluding steroid dienone is 2. The van der Waals surface area contributed by atoms with Gasteiger partial charge in [0.2, 0.25) is 0 Å². The summed E-state index contributed by atoms with van der Waals surface area (Å²) < 4.78 is 0. The van der Waals surface area contributed by atoms with Crippen LogP contribution >= 0.6 is 23.1 Å². The Hall–Kier alpha value is -0.990. The monoisotopic (exact) mass is 258 g/mol. The number of rotatable bonds is 2. The first-order chi connectivity index (χ1) is 8.33. The van der Waals surface area contributed by atoms with Gasteiger partial charge in [0.25, 0.3) is 0 Å². The Balaban J connectivity index is 1.84. The Labute approximate surface area is 110 Å². The second-order valence-electron chi connectivity index (χ2n) is 4.23. The molecule has 1 aromatic heterocycles. The van der Waals surface area contributed by atoms with Crippen molar-refractivity contribution in [2.75, 3.05) is 0 Å². The molecule has 0 spiro atoms. The quantitative estimate of drug-likeness (QED) is 0.685. The van der Waals surface area contributed by atoms with Gasteiger partial charge < -0.3 is 0 Å². The van der Waals surface area contributed by atoms with Gasteiger partial charge in [0.15, 0.2) is 0 Å². The summed E-state index contributed by atoms with van der Waals surface area (Å²) in [5.74, 6) is 0. The molecule has 0 bridgehead atoms. The summed E-state index contributed by atoms with van der Waals surface area (Å²) in [6, 6.07) is 15.2. The molecule has 0 radical (unpaired) electrons. The molecule has 1 atom stereocenters. The van der Waals surface area contributed by atoms with Crippen molar-refractivity contribution in [3.05, 3.63) is 58.3 Å². The van der Waals surface area contributed by atoms with Crippen molar-refractivity contribution in [1.29, 1.82) is 0 Å². The minimum Gasteiger partial charge on any atom is -0.139 e. The molecule has 17 heavy (non-hydrogen) atoms. The van der Waals surface area contributed by atoms with E-state index in [1.165, 1.54) is 26.6 Å². The minimum absolute atomic E-state index is 0.650. The Morgan fingerprint density at radius 3 is 2.59 bits per heavy atom. The zero-order valence-electron chi connectivity index (χ0n) is 9.72. The molecule has 0 fully saturated rings. The normalized spacial score (nSPS) is 19.4. The van der Waals surface area contributed by atoms with Crippen molar-refractivity contribution in [1.82, 2.24) is 0 Å². The highest BCUT2D eigenvalue weighted by Gasteiger charge is 2.19. The third-order valence-corrected chi connectivity index (χ3v) is 5.62. The van der Waals surface area contributed by atoms with E-state index in [-0.39, 0.29) is 0 Å². The predicted octanol–water partition coefficient (Wildman–Crippen LogP) is 5.50. The lowest BCUT2D eigenvalue weighted by Crippen LogP contribution is -1.81. The van der Waals surface area contributed by atoms with E-state index in [0.717, 1.165) is 0 Å². The molecule has 2 aromatic rings. The van der Waals surface area contributed by atoms with Crippen LogP contribution in [0.25, 0.3) is 10.4 Å². The van der Waals surface area contributed by atoms with Crippen molar-refractivity contribution in [3.63, 3.8) is 0 Å². The van der Waals surface area contributed by atoms with E-state index in [1.54, 1.807) is 0 Å². The van der Waals surface area contributed by atoms with E-state index in [2.05, 4.69) is 55.5 Å². The topological polar surface area (TPSA) is 0 Å². The molecule has 0 N–H and O–H groups in total. The fourth-order valence-electron chi connectivity index (χ4n) is 2.05. The molecule has 1 aliphatic rings. The maximum Gasteiger partial charge on any atom is 0.0470 e. The highest BCUT2D eigenvalue weighted by atomic mass is 32.2. The Morgan fingerprint density at radius 1 is 1.06 bits per heavy atom. The second kappa shape index (κ2) is 4.71. The summed E-state index contributed by atoms with van der Waals surface area (Å²) in [5.41, 5.74) is 1.33. The van der Waals surface area contributed by atoms with E-state index >= 15 is 0 Å². The zero-order valence-corrected chi connectivity index (χ0v) is 11.4. The summed E-state index contributed by atoms with van der Waals surface area (Å²) >= 11 is 3.93. The molecule has 0 amide bonds. The average molecular weight is 258 g/mol. The van der Waals surface area contributed by atoms with Gasteiger partial charge >= 0.3 is 0 Å². The van der Waals surface area contributed by atoms with Crippen LogP contribution in [0.1, 0.15) is 23.5 Å². The minimum atomic E-state index is 0.650. The summed E-state index contributed by atoms with van der Waals surface area (Å²) in [7, 11) is 0. The summed E-state index contributed by atoms with van der Waals surface area (Å²) in [6.45, 7) is 2.20. The summed E-state index contributed by atoms with van der Waals surface area (Å²) in [6.07, 6.45) is 3.53. The van der Waals surface area contributed by atoms with Gasteiger partial charge in [-0.15, -0.1) is 23.1 Å². The van der Waals surface area contributed by atoms with Crippen LogP contribution in [-0.4, -0.2) is 0 Å². The van der Waals surface area contributed by atoms with Crippen molar-refractivity contribution >= 4 is 23.1 Å². The van der Waals surface area contributed by atoms with Crippen LogP contribution in [0.5, 0.6) is 0 Å². The molecule has 1 aromatic carbocycles. The molecule has 2 heterocycles. The second-order valence-corrected chi connectivity index (χ2v) is 6.79. The van der Waals surface area contributed by atoms with Crippen LogP contribution in [0.3, 0.4) is 0 Å². The van der Waals surface area contributed by atoms with Gasteiger partial charge in [0.05, 0.1) is 0 Å². The fraction of sp³-hybridized carbons (Fsp3) is 0.200. The highest BCUT2D eigenvalue weighted by Crippen LogP contribution is 2.46. The maximum absolute atomic E-state index is 2.34. The third kappa shape index (κ3) is 2.33. The van der Waals surface area contributed by atoms with Crippen molar-refractivity contribution in [2.24, 2.45) is 0 Å². The number of benzene rings is 1. The largest absolute Gasteiger partial charge is 0.139 e. The SMILES string of the molecule is CC1=CCC(c2ccc(-c3ccccc3)s2)S1. The van der Waals surface area contributed by atoms with Gasteiger partial charge in [-0.3, -0.25) is 0 Å². The lowest BCUT2D eigenvalue weighted by atomic mass is 10.2. The zero-order chi connectivity index (χ0) is 11.7. The average Bonchev–Trinajstić information content (AvgIpc) is 2.98. The van der Waals surface area contributed by atoms with Crippen LogP contribution in [0, 0.1) is 0 Å². The van der Waals surface area contributed by atoms with Crippen LogP contribution in [-0.2, 0) is 0 Å². The summed E-state index contributed by atoms with van der Waals surface area (Å²) in [5, 5.41) is 0.650. The van der Waals surface area contributed by atoms with Crippen LogP contribution < -0.4 is 0 Å². The third-order valence-electron chi connectivity index (χ3n) is 2.95. The molecule has 1 aliphatic heterocycles. The molecule has 0 saturated carbocycles. The molecule has 0 nitrogen and oxygen atoms in total. The van der Waals surface area contributed by atoms with Crippen molar-refractivity contribution < 1.29 is 0 Å². The lowest BCUT2D eigenvalue weighted by Gasteiger charge is -2.05. The summed E-state index contributed by atoms with van der Waals surface area (Å²) in [4.78, 5) is 4.34. The Morgan fingerprint density at radius 2 is 1.88 bits per heavy atom. The number of thioether (sulfide) groups is 1. The van der Waals surface area contributed by atoms with Crippen molar-refractivity contribution in [3.8, 4) is 10.4 Å². The number of hydrogen-bond acceptors (Lipinski definition) is 2. The number of hydrogen-bond donors (Lipinski definition) is 0. The number of thiophene rings is 1. The first-order valence-electron chi connectivity index (χ1n) is 5.81. The smallest absolute Gasteiger partial charge is 0.0470 e. The Bertz CT molecular complexity index is 537.